The molecule has 7 nitrogen and oxygen atoms in total. The van der Waals surface area contributed by atoms with Crippen molar-refractivity contribution in [1.82, 2.24) is 4.90 Å². The molecule has 1 fully saturated rings. The second kappa shape index (κ2) is 9.07. The molecule has 0 aliphatic carbocycles. The molecule has 0 aromatic heterocycles. The Balaban J connectivity index is 1.75. The van der Waals surface area contributed by atoms with Gasteiger partial charge in [0.25, 0.3) is 11.1 Å². The van der Waals surface area contributed by atoms with Crippen LogP contribution in [-0.4, -0.2) is 40.7 Å². The van der Waals surface area contributed by atoms with Gasteiger partial charge in [0, 0.05) is 10.2 Å². The van der Waals surface area contributed by atoms with Gasteiger partial charge in [-0.3, -0.25) is 19.3 Å². The number of carbonyl (C=O) groups is 3. The normalized spacial score (nSPS) is 15.1. The summed E-state index contributed by atoms with van der Waals surface area (Å²) in [5.41, 5.74) is 0.731. The number of ether oxygens (including phenoxy) is 1. The van der Waals surface area contributed by atoms with E-state index in [4.69, 9.17) is 16.3 Å². The van der Waals surface area contributed by atoms with E-state index in [1.807, 2.05) is 0 Å². The molecular formula is C19H13BrClFN2O5S. The van der Waals surface area contributed by atoms with Crippen LogP contribution in [0.5, 0.6) is 11.5 Å². The third-order valence-corrected chi connectivity index (χ3v) is 5.85. The molecular weight excluding hydrogens is 503 g/mol. The van der Waals surface area contributed by atoms with Gasteiger partial charge in [-0.2, -0.15) is 0 Å². The second-order valence-corrected chi connectivity index (χ2v) is 8.25. The summed E-state index contributed by atoms with van der Waals surface area (Å²) in [7, 11) is 1.38. The number of hydrogen-bond donors (Lipinski definition) is 2. The zero-order chi connectivity index (χ0) is 22.0. The lowest BCUT2D eigenvalue weighted by molar-refractivity contribution is -0.127. The predicted octanol–water partition coefficient (Wildman–Crippen LogP) is 4.63. The number of amides is 3. The number of phenols is 1. The molecule has 1 saturated heterocycles. The van der Waals surface area contributed by atoms with Crippen molar-refractivity contribution in [3.8, 4) is 11.5 Å². The van der Waals surface area contributed by atoms with E-state index in [9.17, 15) is 23.9 Å². The Morgan fingerprint density at radius 1 is 1.37 bits per heavy atom. The molecule has 0 unspecified atom stereocenters. The second-order valence-electron chi connectivity index (χ2n) is 5.99. The van der Waals surface area contributed by atoms with Crippen LogP contribution < -0.4 is 10.1 Å². The lowest BCUT2D eigenvalue weighted by Gasteiger charge is -2.12. The van der Waals surface area contributed by atoms with Gasteiger partial charge in [-0.1, -0.05) is 27.5 Å². The minimum absolute atomic E-state index is 0.0906. The fraction of sp³-hybridized carbons (Fsp3) is 0.105. The molecule has 0 saturated carbocycles. The summed E-state index contributed by atoms with van der Waals surface area (Å²) in [5.74, 6) is -1.82. The molecule has 3 rings (SSSR count). The Kier molecular flexibility index (Phi) is 6.69. The van der Waals surface area contributed by atoms with Crippen molar-refractivity contribution in [2.75, 3.05) is 19.0 Å². The van der Waals surface area contributed by atoms with Crippen molar-refractivity contribution >= 4 is 68.1 Å². The van der Waals surface area contributed by atoms with Crippen LogP contribution >= 0.6 is 39.3 Å². The van der Waals surface area contributed by atoms with E-state index in [0.29, 0.717) is 21.8 Å². The number of methoxy groups -OCH3 is 1. The van der Waals surface area contributed by atoms with Gasteiger partial charge in [0.1, 0.15) is 12.4 Å². The summed E-state index contributed by atoms with van der Waals surface area (Å²) < 4.78 is 18.7. The van der Waals surface area contributed by atoms with E-state index in [-0.39, 0.29) is 27.1 Å². The number of aromatic hydroxyl groups is 1. The van der Waals surface area contributed by atoms with Crippen molar-refractivity contribution in [2.24, 2.45) is 0 Å². The molecule has 2 aromatic carbocycles. The highest BCUT2D eigenvalue weighted by Crippen LogP contribution is 2.37. The number of nitrogens with one attached hydrogen (secondary N) is 1. The third-order valence-electron chi connectivity index (χ3n) is 3.96. The van der Waals surface area contributed by atoms with Gasteiger partial charge in [-0.05, 0) is 53.7 Å². The van der Waals surface area contributed by atoms with Crippen LogP contribution in [0.15, 0.2) is 39.7 Å². The van der Waals surface area contributed by atoms with Gasteiger partial charge < -0.3 is 15.2 Å². The van der Waals surface area contributed by atoms with Crippen LogP contribution in [0.4, 0.5) is 14.9 Å². The number of anilines is 1. The number of phenolic OH excluding ortho intramolecular Hbond substituents is 1. The molecule has 0 atom stereocenters. The number of nitrogens with zero attached hydrogens (tertiary/aromatic N) is 1. The summed E-state index contributed by atoms with van der Waals surface area (Å²) in [5, 5.41) is 11.5. The first kappa shape index (κ1) is 22.1. The number of benzene rings is 2. The van der Waals surface area contributed by atoms with Crippen LogP contribution in [0.3, 0.4) is 0 Å². The van der Waals surface area contributed by atoms with Gasteiger partial charge in [0.2, 0.25) is 5.91 Å². The fourth-order valence-corrected chi connectivity index (χ4v) is 3.98. The summed E-state index contributed by atoms with van der Waals surface area (Å²) in [6.45, 7) is -0.517. The summed E-state index contributed by atoms with van der Waals surface area (Å²) >= 11 is 9.62. The molecule has 2 aromatic rings. The molecule has 0 radical (unpaired) electrons. The molecule has 3 amide bonds. The standard InChI is InChI=1S/C19H13BrClFN2O5S/c1-29-15-4-9(11(20)7-14(15)25)5-16-18(27)24(19(28)30-16)8-17(26)23-10-2-3-13(22)12(21)6-10/h2-7,25H,8H2,1H3,(H,23,26)/b16-5-. The maximum absolute atomic E-state index is 13.2. The molecule has 11 heteroatoms. The molecule has 2 N–H and O–H groups in total. The lowest BCUT2D eigenvalue weighted by Crippen LogP contribution is -2.36. The summed E-state index contributed by atoms with van der Waals surface area (Å²) in [6, 6.07) is 6.51. The van der Waals surface area contributed by atoms with Gasteiger partial charge in [0.15, 0.2) is 11.5 Å². The lowest BCUT2D eigenvalue weighted by atomic mass is 10.2. The Hall–Kier alpha value is -2.56. The first-order valence-corrected chi connectivity index (χ1v) is 10.2. The predicted molar refractivity (Wildman–Crippen MR) is 115 cm³/mol. The van der Waals surface area contributed by atoms with E-state index in [2.05, 4.69) is 21.2 Å². The van der Waals surface area contributed by atoms with Gasteiger partial charge in [-0.25, -0.2) is 4.39 Å². The Labute approximate surface area is 188 Å². The van der Waals surface area contributed by atoms with E-state index < -0.39 is 29.4 Å². The molecule has 1 heterocycles. The smallest absolute Gasteiger partial charge is 0.294 e. The summed E-state index contributed by atoms with van der Waals surface area (Å²) in [6.07, 6.45) is 1.45. The average molecular weight is 516 g/mol. The maximum Gasteiger partial charge on any atom is 0.294 e. The van der Waals surface area contributed by atoms with Crippen molar-refractivity contribution < 1.29 is 28.6 Å². The fourth-order valence-electron chi connectivity index (χ4n) is 2.53. The van der Waals surface area contributed by atoms with Crippen LogP contribution in [0.1, 0.15) is 5.56 Å². The third kappa shape index (κ3) is 4.77. The van der Waals surface area contributed by atoms with Gasteiger partial charge in [0.05, 0.1) is 17.0 Å². The molecule has 0 spiro atoms. The van der Waals surface area contributed by atoms with Crippen molar-refractivity contribution in [2.45, 2.75) is 0 Å². The molecule has 0 bridgehead atoms. The first-order chi connectivity index (χ1) is 14.2. The Bertz CT molecular complexity index is 1090. The highest BCUT2D eigenvalue weighted by Gasteiger charge is 2.36. The Morgan fingerprint density at radius 3 is 2.77 bits per heavy atom. The van der Waals surface area contributed by atoms with E-state index >= 15 is 0 Å². The van der Waals surface area contributed by atoms with Crippen LogP contribution in [-0.2, 0) is 9.59 Å². The zero-order valence-electron chi connectivity index (χ0n) is 15.2. The Morgan fingerprint density at radius 2 is 2.10 bits per heavy atom. The number of imide groups is 1. The zero-order valence-corrected chi connectivity index (χ0v) is 18.4. The first-order valence-electron chi connectivity index (χ1n) is 8.26. The minimum Gasteiger partial charge on any atom is -0.504 e. The average Bonchev–Trinajstić information content (AvgIpc) is 2.94. The number of thioether (sulfide) groups is 1. The number of carbonyl (C=O) groups excluding carboxylic acids is 3. The van der Waals surface area contributed by atoms with E-state index in [1.54, 1.807) is 0 Å². The van der Waals surface area contributed by atoms with Crippen molar-refractivity contribution in [1.29, 1.82) is 0 Å². The minimum atomic E-state index is -0.645. The van der Waals surface area contributed by atoms with Crippen molar-refractivity contribution in [3.05, 3.63) is 56.1 Å². The van der Waals surface area contributed by atoms with Gasteiger partial charge >= 0.3 is 0 Å². The molecule has 156 valence electrons. The SMILES string of the molecule is COc1cc(/C=C2\SC(=O)N(CC(=O)Nc3ccc(F)c(Cl)c3)C2=O)c(Br)cc1O. The van der Waals surface area contributed by atoms with Crippen LogP contribution in [0, 0.1) is 5.82 Å². The number of hydrogen-bond acceptors (Lipinski definition) is 6. The quantitative estimate of drug-likeness (QED) is 0.564. The van der Waals surface area contributed by atoms with E-state index in [1.165, 1.54) is 37.5 Å². The maximum atomic E-state index is 13.2. The largest absolute Gasteiger partial charge is 0.504 e. The van der Waals surface area contributed by atoms with Crippen LogP contribution in [0.2, 0.25) is 5.02 Å². The number of rotatable bonds is 5. The highest BCUT2D eigenvalue weighted by atomic mass is 79.9. The monoisotopic (exact) mass is 514 g/mol. The highest BCUT2D eigenvalue weighted by molar-refractivity contribution is 9.10. The van der Waals surface area contributed by atoms with E-state index in [0.717, 1.165) is 11.0 Å². The van der Waals surface area contributed by atoms with Crippen molar-refractivity contribution in [3.63, 3.8) is 0 Å². The molecule has 30 heavy (non-hydrogen) atoms. The molecule has 1 aliphatic heterocycles. The van der Waals surface area contributed by atoms with Crippen LogP contribution in [0.25, 0.3) is 6.08 Å². The molecule has 1 aliphatic rings. The van der Waals surface area contributed by atoms with Gasteiger partial charge in [-0.15, -0.1) is 0 Å². The topological polar surface area (TPSA) is 95.9 Å². The number of halogens is 3. The summed E-state index contributed by atoms with van der Waals surface area (Å²) in [4.78, 5) is 38.0.